The lowest BCUT2D eigenvalue weighted by Crippen LogP contribution is -2.29. The highest BCUT2D eigenvalue weighted by Crippen LogP contribution is 2.02. The van der Waals surface area contributed by atoms with E-state index in [2.05, 4.69) is 9.71 Å². The Hall–Kier alpha value is -1.90. The van der Waals surface area contributed by atoms with Crippen LogP contribution in [0.4, 0.5) is 0 Å². The largest absolute Gasteiger partial charge is 0.467 e. The number of pyridine rings is 1. The van der Waals surface area contributed by atoms with Crippen molar-refractivity contribution in [3.05, 3.63) is 52.8 Å². The third-order valence-corrected chi connectivity index (χ3v) is 4.14. The molecule has 2 heterocycles. The molecule has 0 amide bonds. The Morgan fingerprint density at radius 1 is 1.33 bits per heavy atom. The predicted molar refractivity (Wildman–Crippen MR) is 75.2 cm³/mol. The van der Waals surface area contributed by atoms with Crippen molar-refractivity contribution < 1.29 is 17.6 Å². The minimum atomic E-state index is -3.79. The maximum Gasteiger partial charge on any atom is 0.245 e. The summed E-state index contributed by atoms with van der Waals surface area (Å²) in [5.41, 5.74) is -0.546. The molecule has 21 heavy (non-hydrogen) atoms. The van der Waals surface area contributed by atoms with Gasteiger partial charge in [0.15, 0.2) is 0 Å². The van der Waals surface area contributed by atoms with Gasteiger partial charge in [-0.2, -0.15) is 0 Å². The molecule has 0 saturated carbocycles. The highest BCUT2D eigenvalue weighted by atomic mass is 32.2. The Labute approximate surface area is 122 Å². The molecule has 2 aromatic heterocycles. The molecule has 7 nitrogen and oxygen atoms in total. The summed E-state index contributed by atoms with van der Waals surface area (Å²) in [6.45, 7) is 0.918. The standard InChI is InChI=1S/C13H16N2O5S/c16-12-4-6-14-9-13(12)21(17,18)15-5-2-7-19-10-11-3-1-8-20-11/h1,3-4,6,8-9,15H,2,5,7,10H2,(H,14,16). The molecule has 0 unspecified atom stereocenters. The van der Waals surface area contributed by atoms with Crippen LogP contribution >= 0.6 is 0 Å². The van der Waals surface area contributed by atoms with E-state index in [1.54, 1.807) is 18.4 Å². The molecule has 114 valence electrons. The van der Waals surface area contributed by atoms with Crippen LogP contribution in [0.3, 0.4) is 0 Å². The van der Waals surface area contributed by atoms with Crippen LogP contribution in [-0.4, -0.2) is 26.6 Å². The van der Waals surface area contributed by atoms with E-state index in [1.165, 1.54) is 12.3 Å². The van der Waals surface area contributed by atoms with E-state index < -0.39 is 15.5 Å². The smallest absolute Gasteiger partial charge is 0.245 e. The number of ether oxygens (including phenoxy) is 1. The van der Waals surface area contributed by atoms with E-state index in [9.17, 15) is 13.2 Å². The molecule has 0 aliphatic carbocycles. The lowest BCUT2D eigenvalue weighted by Gasteiger charge is -2.06. The van der Waals surface area contributed by atoms with E-state index in [0.717, 1.165) is 6.20 Å². The number of aromatic nitrogens is 1. The fourth-order valence-corrected chi connectivity index (χ4v) is 2.76. The second kappa shape index (κ2) is 7.21. The van der Waals surface area contributed by atoms with Crippen LogP contribution in [0, 0.1) is 0 Å². The average molecular weight is 312 g/mol. The van der Waals surface area contributed by atoms with Crippen molar-refractivity contribution in [2.75, 3.05) is 13.2 Å². The summed E-state index contributed by atoms with van der Waals surface area (Å²) in [6.07, 6.45) is 4.59. The monoisotopic (exact) mass is 312 g/mol. The van der Waals surface area contributed by atoms with Gasteiger partial charge in [0.2, 0.25) is 15.5 Å². The first-order valence-electron chi connectivity index (χ1n) is 6.36. The molecule has 0 atom stereocenters. The zero-order valence-corrected chi connectivity index (χ0v) is 12.1. The highest BCUT2D eigenvalue weighted by Gasteiger charge is 2.16. The Morgan fingerprint density at radius 3 is 2.90 bits per heavy atom. The van der Waals surface area contributed by atoms with E-state index in [4.69, 9.17) is 9.15 Å². The maximum absolute atomic E-state index is 11.9. The maximum atomic E-state index is 11.9. The predicted octanol–water partition coefficient (Wildman–Crippen LogP) is 0.853. The van der Waals surface area contributed by atoms with E-state index in [0.29, 0.717) is 25.4 Å². The van der Waals surface area contributed by atoms with Crippen LogP contribution in [0.1, 0.15) is 12.2 Å². The molecule has 0 aliphatic rings. The molecule has 8 heteroatoms. The number of hydrogen-bond donors (Lipinski definition) is 2. The Morgan fingerprint density at radius 2 is 2.19 bits per heavy atom. The molecule has 0 spiro atoms. The fraction of sp³-hybridized carbons (Fsp3) is 0.308. The van der Waals surface area contributed by atoms with Gasteiger partial charge in [0.1, 0.15) is 17.3 Å². The molecule has 0 bridgehead atoms. The van der Waals surface area contributed by atoms with Crippen LogP contribution in [0.2, 0.25) is 0 Å². The summed E-state index contributed by atoms with van der Waals surface area (Å²) >= 11 is 0. The molecule has 0 radical (unpaired) electrons. The lowest BCUT2D eigenvalue weighted by molar-refractivity contribution is 0.105. The molecule has 2 rings (SSSR count). The number of hydrogen-bond acceptors (Lipinski definition) is 5. The zero-order chi connectivity index (χ0) is 15.1. The summed E-state index contributed by atoms with van der Waals surface area (Å²) < 4.78 is 36.5. The average Bonchev–Trinajstić information content (AvgIpc) is 2.96. The molecule has 2 N–H and O–H groups in total. The summed E-state index contributed by atoms with van der Waals surface area (Å²) in [5.74, 6) is 0.714. The van der Waals surface area contributed by atoms with Gasteiger partial charge in [-0.3, -0.25) is 4.79 Å². The van der Waals surface area contributed by atoms with Gasteiger partial charge in [-0.1, -0.05) is 0 Å². The van der Waals surface area contributed by atoms with Crippen LogP contribution in [0.25, 0.3) is 0 Å². The molecule has 0 aliphatic heterocycles. The number of sulfonamides is 1. The van der Waals surface area contributed by atoms with Crippen LogP contribution in [0.5, 0.6) is 0 Å². The highest BCUT2D eigenvalue weighted by molar-refractivity contribution is 7.89. The van der Waals surface area contributed by atoms with Gasteiger partial charge in [-0.25, -0.2) is 13.1 Å². The van der Waals surface area contributed by atoms with Gasteiger partial charge >= 0.3 is 0 Å². The summed E-state index contributed by atoms with van der Waals surface area (Å²) in [7, 11) is -3.79. The van der Waals surface area contributed by atoms with Crippen molar-refractivity contribution >= 4 is 10.0 Å². The molecular formula is C13H16N2O5S. The second-order valence-corrected chi connectivity index (χ2v) is 5.99. The molecule has 0 saturated heterocycles. The number of furan rings is 1. The normalized spacial score (nSPS) is 11.6. The van der Waals surface area contributed by atoms with E-state index >= 15 is 0 Å². The van der Waals surface area contributed by atoms with Crippen molar-refractivity contribution in [3.63, 3.8) is 0 Å². The summed E-state index contributed by atoms with van der Waals surface area (Å²) in [6, 6.07) is 4.73. The zero-order valence-electron chi connectivity index (χ0n) is 11.2. The van der Waals surface area contributed by atoms with Crippen molar-refractivity contribution in [1.29, 1.82) is 0 Å². The third-order valence-electron chi connectivity index (χ3n) is 2.66. The van der Waals surface area contributed by atoms with Gasteiger partial charge < -0.3 is 14.1 Å². The number of nitrogens with one attached hydrogen (secondary N) is 2. The SMILES string of the molecule is O=c1cc[nH]cc1S(=O)(=O)NCCCOCc1ccco1. The Balaban J connectivity index is 1.73. The molecule has 2 aromatic rings. The van der Waals surface area contributed by atoms with Crippen molar-refractivity contribution in [3.8, 4) is 0 Å². The van der Waals surface area contributed by atoms with Crippen LogP contribution in [-0.2, 0) is 21.4 Å². The summed E-state index contributed by atoms with van der Waals surface area (Å²) in [4.78, 5) is 13.7. The number of H-pyrrole nitrogens is 1. The molecular weight excluding hydrogens is 296 g/mol. The number of aromatic amines is 1. The quantitative estimate of drug-likeness (QED) is 0.704. The van der Waals surface area contributed by atoms with E-state index in [1.807, 2.05) is 0 Å². The van der Waals surface area contributed by atoms with Crippen LogP contribution in [0.15, 0.2) is 51.0 Å². The topological polar surface area (TPSA) is 101 Å². The lowest BCUT2D eigenvalue weighted by atomic mass is 10.4. The Kier molecular flexibility index (Phi) is 5.32. The van der Waals surface area contributed by atoms with Crippen LogP contribution < -0.4 is 10.2 Å². The van der Waals surface area contributed by atoms with E-state index in [-0.39, 0.29) is 11.4 Å². The first-order valence-corrected chi connectivity index (χ1v) is 7.85. The first-order chi connectivity index (χ1) is 10.1. The third kappa shape index (κ3) is 4.55. The number of rotatable bonds is 8. The summed E-state index contributed by atoms with van der Waals surface area (Å²) in [5, 5.41) is 0. The minimum Gasteiger partial charge on any atom is -0.467 e. The van der Waals surface area contributed by atoms with Gasteiger partial charge in [0.05, 0.1) is 6.26 Å². The first kappa shape index (κ1) is 15.5. The minimum absolute atomic E-state index is 0.189. The van der Waals surface area contributed by atoms with Gasteiger partial charge in [0, 0.05) is 31.6 Å². The van der Waals surface area contributed by atoms with Gasteiger partial charge in [-0.15, -0.1) is 0 Å². The van der Waals surface area contributed by atoms with Gasteiger partial charge in [-0.05, 0) is 18.6 Å². The van der Waals surface area contributed by atoms with Crippen molar-refractivity contribution in [1.82, 2.24) is 9.71 Å². The Bertz CT molecular complexity index is 706. The fourth-order valence-electron chi connectivity index (χ4n) is 1.64. The van der Waals surface area contributed by atoms with Crippen molar-refractivity contribution in [2.24, 2.45) is 0 Å². The molecule has 0 aromatic carbocycles. The van der Waals surface area contributed by atoms with Crippen molar-refractivity contribution in [2.45, 2.75) is 17.9 Å². The van der Waals surface area contributed by atoms with Gasteiger partial charge in [0.25, 0.3) is 0 Å². The second-order valence-electron chi connectivity index (χ2n) is 4.26. The molecule has 0 fully saturated rings.